The Hall–Kier alpha value is -1.73. The van der Waals surface area contributed by atoms with Crippen molar-refractivity contribution in [3.8, 4) is 0 Å². The van der Waals surface area contributed by atoms with Crippen LogP contribution in [0, 0.1) is 0 Å². The summed E-state index contributed by atoms with van der Waals surface area (Å²) in [7, 11) is -3.98. The van der Waals surface area contributed by atoms with Gasteiger partial charge in [0, 0.05) is 5.39 Å². The number of hydrogen-bond donors (Lipinski definition) is 2. The van der Waals surface area contributed by atoms with Gasteiger partial charge < -0.3 is 4.98 Å². The van der Waals surface area contributed by atoms with E-state index < -0.39 is 20.7 Å². The second-order valence-electron chi connectivity index (χ2n) is 2.94. The molecular weight excluding hydrogens is 218 g/mol. The third-order valence-electron chi connectivity index (χ3n) is 1.87. The molecule has 2 rings (SSSR count). The number of rotatable bonds is 1. The number of nitrogens with two attached hydrogens (primary N) is 1. The smallest absolute Gasteiger partial charge is 0.305 e. The number of benzene rings is 1. The molecule has 0 fully saturated rings. The van der Waals surface area contributed by atoms with Crippen molar-refractivity contribution in [2.24, 2.45) is 5.14 Å². The zero-order valence-corrected chi connectivity index (χ0v) is 8.28. The van der Waals surface area contributed by atoms with Gasteiger partial charge in [0.1, 0.15) is 0 Å². The van der Waals surface area contributed by atoms with Gasteiger partial charge in [-0.15, -0.1) is 0 Å². The molecule has 2 aromatic rings. The van der Waals surface area contributed by atoms with Gasteiger partial charge in [-0.25, -0.2) is 18.4 Å². The quantitative estimate of drug-likeness (QED) is 0.642. The Morgan fingerprint density at radius 1 is 1.27 bits per heavy atom. The van der Waals surface area contributed by atoms with Gasteiger partial charge in [0.2, 0.25) is 0 Å². The van der Waals surface area contributed by atoms with Crippen molar-refractivity contribution in [1.29, 1.82) is 0 Å². The first kappa shape index (κ1) is 9.81. The maximum absolute atomic E-state index is 11.2. The molecule has 3 N–H and O–H groups in total. The molecule has 78 valence electrons. The fourth-order valence-electron chi connectivity index (χ4n) is 1.29. The van der Waals surface area contributed by atoms with Gasteiger partial charge in [0.05, 0.1) is 5.52 Å². The zero-order chi connectivity index (χ0) is 11.1. The van der Waals surface area contributed by atoms with Crippen molar-refractivity contribution < 1.29 is 8.42 Å². The van der Waals surface area contributed by atoms with Crippen molar-refractivity contribution in [2.45, 2.75) is 5.03 Å². The summed E-state index contributed by atoms with van der Waals surface area (Å²) in [5, 5.41) is 4.85. The van der Waals surface area contributed by atoms with E-state index in [1.165, 1.54) is 6.07 Å². The van der Waals surface area contributed by atoms with Crippen LogP contribution in [0.15, 0.2) is 34.1 Å². The largest absolute Gasteiger partial charge is 0.346 e. The van der Waals surface area contributed by atoms with E-state index in [0.29, 0.717) is 10.9 Å². The summed E-state index contributed by atoms with van der Waals surface area (Å²) in [5.74, 6) is 0. The number of nitrogens with zero attached hydrogens (tertiary/aromatic N) is 1. The summed E-state index contributed by atoms with van der Waals surface area (Å²) in [4.78, 5) is 16.8. The zero-order valence-electron chi connectivity index (χ0n) is 7.47. The van der Waals surface area contributed by atoms with E-state index in [9.17, 15) is 13.2 Å². The average molecular weight is 225 g/mol. The minimum Gasteiger partial charge on any atom is -0.305 e. The Bertz CT molecular complexity index is 675. The number of aromatic amines is 1. The van der Waals surface area contributed by atoms with Crippen LogP contribution < -0.4 is 10.8 Å². The van der Waals surface area contributed by atoms with Crippen LogP contribution in [0.1, 0.15) is 0 Å². The molecule has 7 heteroatoms. The lowest BCUT2D eigenvalue weighted by Gasteiger charge is -2.01. The number of hydrogen-bond acceptors (Lipinski definition) is 4. The minimum atomic E-state index is -3.98. The summed E-state index contributed by atoms with van der Waals surface area (Å²) in [6.45, 7) is 0. The van der Waals surface area contributed by atoms with Crippen LogP contribution in [0.3, 0.4) is 0 Å². The second-order valence-corrected chi connectivity index (χ2v) is 4.41. The van der Waals surface area contributed by atoms with Crippen LogP contribution in [0.5, 0.6) is 0 Å². The summed E-state index contributed by atoms with van der Waals surface area (Å²) in [6.07, 6.45) is 0. The van der Waals surface area contributed by atoms with Crippen molar-refractivity contribution in [3.63, 3.8) is 0 Å². The van der Waals surface area contributed by atoms with Crippen LogP contribution in [-0.2, 0) is 10.0 Å². The molecule has 0 aliphatic rings. The van der Waals surface area contributed by atoms with Gasteiger partial charge in [0.25, 0.3) is 10.0 Å². The molecule has 0 unspecified atom stereocenters. The highest BCUT2D eigenvalue weighted by Gasteiger charge is 2.15. The first-order valence-corrected chi connectivity index (χ1v) is 5.55. The van der Waals surface area contributed by atoms with Gasteiger partial charge in [0.15, 0.2) is 5.03 Å². The number of primary sulfonamides is 1. The highest BCUT2D eigenvalue weighted by atomic mass is 32.2. The van der Waals surface area contributed by atoms with Gasteiger partial charge in [-0.1, -0.05) is 12.1 Å². The fraction of sp³-hybridized carbons (Fsp3) is 0. The third kappa shape index (κ3) is 1.74. The lowest BCUT2D eigenvalue weighted by Crippen LogP contribution is -2.21. The molecule has 0 atom stereocenters. The van der Waals surface area contributed by atoms with E-state index in [1.54, 1.807) is 18.2 Å². The Morgan fingerprint density at radius 3 is 2.60 bits per heavy atom. The first-order chi connectivity index (χ1) is 6.98. The van der Waals surface area contributed by atoms with Crippen LogP contribution in [0.25, 0.3) is 10.9 Å². The van der Waals surface area contributed by atoms with Crippen LogP contribution in [0.2, 0.25) is 0 Å². The van der Waals surface area contributed by atoms with Crippen molar-refractivity contribution >= 4 is 20.9 Å². The van der Waals surface area contributed by atoms with Gasteiger partial charge in [-0.3, -0.25) is 0 Å². The Morgan fingerprint density at radius 2 is 1.93 bits per heavy atom. The average Bonchev–Trinajstić information content (AvgIpc) is 2.15. The number of H-pyrrole nitrogens is 1. The van der Waals surface area contributed by atoms with Crippen molar-refractivity contribution in [3.05, 3.63) is 34.7 Å². The molecule has 0 saturated carbocycles. The summed E-state index contributed by atoms with van der Waals surface area (Å²) < 4.78 is 22.3. The number of aromatic nitrogens is 2. The molecule has 0 aliphatic carbocycles. The second kappa shape index (κ2) is 3.14. The van der Waals surface area contributed by atoms with Crippen LogP contribution in [0.4, 0.5) is 0 Å². The highest BCUT2D eigenvalue weighted by molar-refractivity contribution is 7.89. The van der Waals surface area contributed by atoms with Crippen molar-refractivity contribution in [1.82, 2.24) is 9.97 Å². The monoisotopic (exact) mass is 225 g/mol. The lowest BCUT2D eigenvalue weighted by molar-refractivity contribution is 0.594. The normalized spacial score (nSPS) is 11.8. The number of fused-ring (bicyclic) bond motifs is 1. The lowest BCUT2D eigenvalue weighted by atomic mass is 10.2. The standard InChI is InChI=1S/C8H7N3O3S/c9-15(13,14)7-5-3-1-2-4-6(5)10-8(12)11-7/h1-4H,(H2,9,13,14)(H,10,11,12). The molecule has 0 saturated heterocycles. The summed E-state index contributed by atoms with van der Waals surface area (Å²) in [6, 6.07) is 6.41. The van der Waals surface area contributed by atoms with Crippen LogP contribution >= 0.6 is 0 Å². The Labute approximate surface area is 84.8 Å². The van der Waals surface area contributed by atoms with E-state index in [0.717, 1.165) is 0 Å². The molecule has 0 radical (unpaired) electrons. The minimum absolute atomic E-state index is 0.305. The molecule has 1 aromatic heterocycles. The third-order valence-corrected chi connectivity index (χ3v) is 2.72. The summed E-state index contributed by atoms with van der Waals surface area (Å²) in [5.41, 5.74) is -0.348. The molecule has 0 aliphatic heterocycles. The molecular formula is C8H7N3O3S. The maximum Gasteiger partial charge on any atom is 0.346 e. The first-order valence-electron chi connectivity index (χ1n) is 4.00. The van der Waals surface area contributed by atoms with E-state index >= 15 is 0 Å². The van der Waals surface area contributed by atoms with Gasteiger partial charge in [-0.2, -0.15) is 4.98 Å². The van der Waals surface area contributed by atoms with E-state index in [1.807, 2.05) is 0 Å². The van der Waals surface area contributed by atoms with Gasteiger partial charge in [-0.05, 0) is 12.1 Å². The maximum atomic E-state index is 11.2. The predicted molar refractivity (Wildman–Crippen MR) is 53.7 cm³/mol. The molecule has 0 amide bonds. The van der Waals surface area contributed by atoms with Crippen molar-refractivity contribution in [2.75, 3.05) is 0 Å². The molecule has 1 heterocycles. The summed E-state index contributed by atoms with van der Waals surface area (Å²) >= 11 is 0. The van der Waals surface area contributed by atoms with Gasteiger partial charge >= 0.3 is 5.69 Å². The SMILES string of the molecule is NS(=O)(=O)c1nc(=O)[nH]c2ccccc12. The number of nitrogens with one attached hydrogen (secondary N) is 1. The Balaban J connectivity index is 3.02. The molecule has 15 heavy (non-hydrogen) atoms. The molecule has 1 aromatic carbocycles. The van der Waals surface area contributed by atoms with Crippen LogP contribution in [-0.4, -0.2) is 18.4 Å². The number of para-hydroxylation sites is 1. The fourth-order valence-corrected chi connectivity index (χ4v) is 1.99. The molecule has 0 spiro atoms. The molecule has 0 bridgehead atoms. The van der Waals surface area contributed by atoms with E-state index in [2.05, 4.69) is 9.97 Å². The van der Waals surface area contributed by atoms with E-state index in [-0.39, 0.29) is 0 Å². The van der Waals surface area contributed by atoms with E-state index in [4.69, 9.17) is 5.14 Å². The topological polar surface area (TPSA) is 106 Å². The predicted octanol–water partition coefficient (Wildman–Crippen LogP) is -0.429. The number of sulfonamides is 1. The molecule has 6 nitrogen and oxygen atoms in total. The Kier molecular flexibility index (Phi) is 2.06. The highest BCUT2D eigenvalue weighted by Crippen LogP contribution is 2.15.